The van der Waals surface area contributed by atoms with Crippen molar-refractivity contribution in [1.82, 2.24) is 10.6 Å². The van der Waals surface area contributed by atoms with Gasteiger partial charge in [0.1, 0.15) is 0 Å². The fourth-order valence-electron chi connectivity index (χ4n) is 1.41. The molecular formula is C7H14N2O2. The monoisotopic (exact) mass is 158 g/mol. The molecule has 0 radical (unpaired) electrons. The molecule has 4 heteroatoms. The predicted octanol–water partition coefficient (Wildman–Crippen LogP) is -1.69. The minimum Gasteiger partial charge on any atom is -0.389 e. The van der Waals surface area contributed by atoms with Gasteiger partial charge in [0.15, 0.2) is 0 Å². The second-order valence-electron chi connectivity index (χ2n) is 3.23. The predicted molar refractivity (Wildman–Crippen MR) is 40.4 cm³/mol. The van der Waals surface area contributed by atoms with Crippen LogP contribution in [0.15, 0.2) is 0 Å². The van der Waals surface area contributed by atoms with Gasteiger partial charge in [-0.15, -0.1) is 0 Å². The first-order valence-electron chi connectivity index (χ1n) is 4.09. The molecule has 0 amide bonds. The average molecular weight is 158 g/mol. The van der Waals surface area contributed by atoms with Crippen molar-refractivity contribution in [3.63, 3.8) is 0 Å². The lowest BCUT2D eigenvalue weighted by Gasteiger charge is -2.31. The van der Waals surface area contributed by atoms with Gasteiger partial charge in [-0.2, -0.15) is 0 Å². The Kier molecular flexibility index (Phi) is 2.09. The van der Waals surface area contributed by atoms with E-state index >= 15 is 0 Å². The van der Waals surface area contributed by atoms with Gasteiger partial charge < -0.3 is 20.5 Å². The van der Waals surface area contributed by atoms with Crippen molar-refractivity contribution in [3.05, 3.63) is 0 Å². The highest BCUT2D eigenvalue weighted by Crippen LogP contribution is 2.06. The molecule has 2 aliphatic heterocycles. The van der Waals surface area contributed by atoms with E-state index in [0.717, 1.165) is 13.1 Å². The molecule has 0 aromatic carbocycles. The highest BCUT2D eigenvalue weighted by atomic mass is 16.5. The highest BCUT2D eigenvalue weighted by Gasteiger charge is 2.29. The van der Waals surface area contributed by atoms with Crippen LogP contribution >= 0.6 is 0 Å². The summed E-state index contributed by atoms with van der Waals surface area (Å²) in [5, 5.41) is 15.8. The van der Waals surface area contributed by atoms with Crippen LogP contribution in [0.3, 0.4) is 0 Å². The summed E-state index contributed by atoms with van der Waals surface area (Å²) in [6.07, 6.45) is -0.310. The molecule has 0 aliphatic carbocycles. The van der Waals surface area contributed by atoms with E-state index in [1.807, 2.05) is 0 Å². The Morgan fingerprint density at radius 1 is 1.36 bits per heavy atom. The van der Waals surface area contributed by atoms with Crippen LogP contribution < -0.4 is 10.6 Å². The Labute approximate surface area is 65.9 Å². The van der Waals surface area contributed by atoms with Gasteiger partial charge in [0, 0.05) is 19.1 Å². The van der Waals surface area contributed by atoms with Crippen LogP contribution in [0.1, 0.15) is 0 Å². The van der Waals surface area contributed by atoms with E-state index < -0.39 is 0 Å². The summed E-state index contributed by atoms with van der Waals surface area (Å²) in [6.45, 7) is 3.17. The lowest BCUT2D eigenvalue weighted by Crippen LogP contribution is -2.59. The fourth-order valence-corrected chi connectivity index (χ4v) is 1.41. The summed E-state index contributed by atoms with van der Waals surface area (Å²) in [6, 6.07) is 0.693. The van der Waals surface area contributed by atoms with E-state index in [-0.39, 0.29) is 12.1 Å². The number of hydrogen-bond acceptors (Lipinski definition) is 4. The lowest BCUT2D eigenvalue weighted by atomic mass is 10.1. The van der Waals surface area contributed by atoms with Gasteiger partial charge in [-0.3, -0.25) is 0 Å². The summed E-state index contributed by atoms with van der Waals surface area (Å²) >= 11 is 0. The molecule has 2 aliphatic rings. The van der Waals surface area contributed by atoms with Gasteiger partial charge >= 0.3 is 0 Å². The van der Waals surface area contributed by atoms with Crippen LogP contribution in [-0.4, -0.2) is 49.6 Å². The standard InChI is InChI=1S/C7H14N2O2/c10-7-4-11-3-6(7)9-5-1-8-2-5/h5-10H,1-4H2. The highest BCUT2D eigenvalue weighted by molar-refractivity contribution is 4.89. The van der Waals surface area contributed by atoms with Crippen molar-refractivity contribution in [2.45, 2.75) is 18.2 Å². The fraction of sp³-hybridized carbons (Fsp3) is 1.00. The molecular weight excluding hydrogens is 144 g/mol. The van der Waals surface area contributed by atoms with Crippen LogP contribution in [0.2, 0.25) is 0 Å². The Morgan fingerprint density at radius 2 is 2.18 bits per heavy atom. The van der Waals surface area contributed by atoms with Crippen LogP contribution in [0.25, 0.3) is 0 Å². The molecule has 2 rings (SSSR count). The third-order valence-electron chi connectivity index (χ3n) is 2.28. The maximum absolute atomic E-state index is 9.35. The van der Waals surface area contributed by atoms with Gasteiger partial charge in [0.05, 0.1) is 25.4 Å². The second kappa shape index (κ2) is 3.06. The number of rotatable bonds is 2. The molecule has 3 N–H and O–H groups in total. The Morgan fingerprint density at radius 3 is 2.64 bits per heavy atom. The topological polar surface area (TPSA) is 53.5 Å². The Balaban J connectivity index is 1.75. The summed E-state index contributed by atoms with van der Waals surface area (Å²) < 4.78 is 5.11. The minimum atomic E-state index is -0.310. The smallest absolute Gasteiger partial charge is 0.0948 e. The average Bonchev–Trinajstić information content (AvgIpc) is 2.27. The molecule has 2 unspecified atom stereocenters. The SMILES string of the molecule is OC1COCC1NC1CNC1. The van der Waals surface area contributed by atoms with E-state index in [2.05, 4.69) is 10.6 Å². The van der Waals surface area contributed by atoms with Crippen LogP contribution in [0.4, 0.5) is 0 Å². The molecule has 2 heterocycles. The van der Waals surface area contributed by atoms with Crippen LogP contribution in [0.5, 0.6) is 0 Å². The number of aliphatic hydroxyl groups excluding tert-OH is 1. The second-order valence-corrected chi connectivity index (χ2v) is 3.23. The summed E-state index contributed by atoms with van der Waals surface area (Å²) in [7, 11) is 0. The van der Waals surface area contributed by atoms with Crippen molar-refractivity contribution in [2.24, 2.45) is 0 Å². The third kappa shape index (κ3) is 1.54. The Hall–Kier alpha value is -0.160. The number of ether oxygens (including phenoxy) is 1. The van der Waals surface area contributed by atoms with E-state index in [9.17, 15) is 5.11 Å². The largest absolute Gasteiger partial charge is 0.389 e. The van der Waals surface area contributed by atoms with Gasteiger partial charge in [0.25, 0.3) is 0 Å². The van der Waals surface area contributed by atoms with Gasteiger partial charge in [-0.05, 0) is 0 Å². The zero-order chi connectivity index (χ0) is 7.68. The van der Waals surface area contributed by atoms with Gasteiger partial charge in [0.2, 0.25) is 0 Å². The first-order valence-corrected chi connectivity index (χ1v) is 4.09. The van der Waals surface area contributed by atoms with E-state index in [1.165, 1.54) is 0 Å². The molecule has 0 aromatic rings. The first-order chi connectivity index (χ1) is 5.36. The summed E-state index contributed by atoms with van der Waals surface area (Å²) in [4.78, 5) is 0. The van der Waals surface area contributed by atoms with Crippen molar-refractivity contribution in [2.75, 3.05) is 26.3 Å². The minimum absolute atomic E-state index is 0.155. The van der Waals surface area contributed by atoms with Crippen LogP contribution in [0, 0.1) is 0 Å². The Bertz CT molecular complexity index is 138. The molecule has 0 spiro atoms. The molecule has 11 heavy (non-hydrogen) atoms. The van der Waals surface area contributed by atoms with Crippen molar-refractivity contribution >= 4 is 0 Å². The molecule has 2 fully saturated rings. The van der Waals surface area contributed by atoms with E-state index in [4.69, 9.17) is 4.74 Å². The van der Waals surface area contributed by atoms with Crippen molar-refractivity contribution < 1.29 is 9.84 Å². The maximum atomic E-state index is 9.35. The quantitative estimate of drug-likeness (QED) is 0.449. The number of hydrogen-bond donors (Lipinski definition) is 3. The lowest BCUT2D eigenvalue weighted by molar-refractivity contribution is 0.120. The summed E-state index contributed by atoms with van der Waals surface area (Å²) in [5.41, 5.74) is 0. The molecule has 2 atom stereocenters. The normalized spacial score (nSPS) is 39.0. The molecule has 0 aromatic heterocycles. The maximum Gasteiger partial charge on any atom is 0.0948 e. The molecule has 64 valence electrons. The zero-order valence-electron chi connectivity index (χ0n) is 6.42. The molecule has 4 nitrogen and oxygen atoms in total. The van der Waals surface area contributed by atoms with Gasteiger partial charge in [-0.1, -0.05) is 0 Å². The van der Waals surface area contributed by atoms with Gasteiger partial charge in [-0.25, -0.2) is 0 Å². The van der Waals surface area contributed by atoms with Crippen molar-refractivity contribution in [1.29, 1.82) is 0 Å². The summed E-state index contributed by atoms with van der Waals surface area (Å²) in [5.74, 6) is 0. The zero-order valence-corrected chi connectivity index (χ0v) is 6.42. The van der Waals surface area contributed by atoms with E-state index in [0.29, 0.717) is 19.3 Å². The number of aliphatic hydroxyl groups is 1. The molecule has 0 saturated carbocycles. The number of nitrogens with one attached hydrogen (secondary N) is 2. The van der Waals surface area contributed by atoms with Crippen molar-refractivity contribution in [3.8, 4) is 0 Å². The first kappa shape index (κ1) is 7.49. The van der Waals surface area contributed by atoms with E-state index in [1.54, 1.807) is 0 Å². The van der Waals surface area contributed by atoms with Crippen LogP contribution in [-0.2, 0) is 4.74 Å². The molecule has 2 saturated heterocycles. The molecule has 0 bridgehead atoms. The third-order valence-corrected chi connectivity index (χ3v) is 2.28.